The van der Waals surface area contributed by atoms with Gasteiger partial charge < -0.3 is 0 Å². The van der Waals surface area contributed by atoms with Crippen LogP contribution >= 0.6 is 0 Å². The first-order chi connectivity index (χ1) is 6.88. The van der Waals surface area contributed by atoms with Crippen LogP contribution in [0.15, 0.2) is 25.4 Å². The Balaban J connectivity index is 0. The second-order valence-electron chi connectivity index (χ2n) is 2.07. The molecule has 74 valence electrons. The molecule has 0 heterocycles. The standard InChI is InChI=1S/C7H9.2CO.NO.W/c1-2-7-5-3-4-6-7;3*1-2;/h3,5H,2,4H2,1H3;;;;/q;;;-1;+1. The molecule has 1 rings (SSSR count). The van der Waals surface area contributed by atoms with Crippen molar-refractivity contribution < 1.29 is 28.4 Å². The Labute approximate surface area is 92.3 Å². The van der Waals surface area contributed by atoms with Gasteiger partial charge in [-0.3, -0.25) is 9.59 Å². The normalized spacial score (nSPS) is 12.4. The zero-order chi connectivity index (χ0) is 11.4. The first-order valence-electron chi connectivity index (χ1n) is 3.67. The van der Waals surface area contributed by atoms with Crippen LogP contribution in [-0.2, 0) is 28.4 Å². The van der Waals surface area contributed by atoms with Crippen LogP contribution in [0.4, 0.5) is 0 Å². The Morgan fingerprint density at radius 2 is 2.00 bits per heavy atom. The van der Waals surface area contributed by atoms with Crippen LogP contribution in [0, 0.1) is 4.91 Å². The fraction of sp³-hybridized carbons (Fsp3) is 0.333. The van der Waals surface area contributed by atoms with E-state index in [1.54, 1.807) is 0 Å². The molecule has 4 nitrogen and oxygen atoms in total. The molecule has 1 aliphatic rings. The monoisotopic (exact) mass is 363 g/mol. The minimum atomic E-state index is -1.00. The third-order valence-electron chi connectivity index (χ3n) is 1.51. The van der Waals surface area contributed by atoms with Gasteiger partial charge in [-0.15, -0.1) is 0 Å². The van der Waals surface area contributed by atoms with Gasteiger partial charge in [0, 0.05) is 0 Å². The number of nitroso groups, excluding NO2 is 1. The van der Waals surface area contributed by atoms with E-state index in [9.17, 15) is 4.91 Å². The van der Waals surface area contributed by atoms with Crippen molar-refractivity contribution in [2.24, 2.45) is 3.74 Å². The molecule has 0 bridgehead atoms. The zero-order valence-corrected chi connectivity index (χ0v) is 10.6. The summed E-state index contributed by atoms with van der Waals surface area (Å²) in [6.45, 7) is 11.1. The molecule has 0 aromatic heterocycles. The third-order valence-corrected chi connectivity index (χ3v) is 4.11. The summed E-state index contributed by atoms with van der Waals surface area (Å²) in [5.41, 5.74) is 1.37. The van der Waals surface area contributed by atoms with E-state index in [2.05, 4.69) is 36.4 Å². The van der Waals surface area contributed by atoms with E-state index in [1.165, 1.54) is 9.54 Å². The molecular weight excluding hydrogens is 354 g/mol. The van der Waals surface area contributed by atoms with Crippen LogP contribution in [0.3, 0.4) is 0 Å². The van der Waals surface area contributed by atoms with Crippen molar-refractivity contribution in [2.75, 3.05) is 0 Å². The molecule has 0 N–H and O–H groups in total. The molecule has 5 heteroatoms. The molecule has 1 aliphatic carbocycles. The summed E-state index contributed by atoms with van der Waals surface area (Å²) in [6.07, 6.45) is 6.31. The quantitative estimate of drug-likeness (QED) is 0.716. The molecule has 0 fully saturated rings. The van der Waals surface area contributed by atoms with Gasteiger partial charge in [0.05, 0.1) is 0 Å². The number of hydrogen-bond donors (Lipinski definition) is 0. The fourth-order valence-electron chi connectivity index (χ4n) is 0.988. The Hall–Kier alpha value is -0.892. The Kier molecular flexibility index (Phi) is 13.5. The molecule has 14 heavy (non-hydrogen) atoms. The van der Waals surface area contributed by atoms with E-state index < -0.39 is 18.8 Å². The summed E-state index contributed by atoms with van der Waals surface area (Å²) >= 11 is -1.00. The first kappa shape index (κ1) is 15.6. The minimum Gasteiger partial charge on any atom is -0.281 e. The number of hydrogen-bond acceptors (Lipinski definition) is 4. The van der Waals surface area contributed by atoms with Crippen molar-refractivity contribution in [2.45, 2.75) is 19.8 Å². The predicted octanol–water partition coefficient (Wildman–Crippen LogP) is 1.58. The molecule has 0 atom stereocenters. The van der Waals surface area contributed by atoms with Crippen molar-refractivity contribution in [1.82, 2.24) is 0 Å². The van der Waals surface area contributed by atoms with Crippen LogP contribution in [0.1, 0.15) is 19.8 Å². The zero-order valence-electron chi connectivity index (χ0n) is 7.65. The summed E-state index contributed by atoms with van der Waals surface area (Å²) in [7, 11) is 0. The summed E-state index contributed by atoms with van der Waals surface area (Å²) in [6, 6.07) is 0. The average molecular weight is 363 g/mol. The Bertz CT molecular complexity index is 224. The van der Waals surface area contributed by atoms with Crippen LogP contribution in [0.5, 0.6) is 0 Å². The maximum atomic E-state index is 9.98. The van der Waals surface area contributed by atoms with E-state index in [1.807, 2.05) is 0 Å². The second-order valence-corrected chi connectivity index (χ2v) is 5.04. The van der Waals surface area contributed by atoms with Gasteiger partial charge in [0.1, 0.15) is 0 Å². The van der Waals surface area contributed by atoms with Gasteiger partial charge in [-0.2, -0.15) is 0 Å². The van der Waals surface area contributed by atoms with Crippen molar-refractivity contribution in [3.63, 3.8) is 0 Å². The Morgan fingerprint density at radius 3 is 2.43 bits per heavy atom. The molecule has 0 amide bonds. The average Bonchev–Trinajstić information content (AvgIpc) is 2.72. The summed E-state index contributed by atoms with van der Waals surface area (Å²) in [5, 5.41) is 0. The SMILES string of the molecule is CCC1=[C]([W][N]=O)CC=C1.[C]=O.[C]=O. The maximum Gasteiger partial charge on any atom is 0.281 e. The summed E-state index contributed by atoms with van der Waals surface area (Å²) < 4.78 is 4.39. The molecular formula is C9H9NO3W. The van der Waals surface area contributed by atoms with Gasteiger partial charge in [-0.25, -0.2) is 0 Å². The topological polar surface area (TPSA) is 63.6 Å². The predicted molar refractivity (Wildman–Crippen MR) is 48.3 cm³/mol. The molecule has 0 saturated carbocycles. The summed E-state index contributed by atoms with van der Waals surface area (Å²) in [4.78, 5) is 25.0. The first-order valence-corrected chi connectivity index (χ1v) is 6.45. The molecule has 0 aromatic carbocycles. The fourth-order valence-corrected chi connectivity index (χ4v) is 3.11. The molecule has 0 aromatic rings. The second kappa shape index (κ2) is 12.1. The van der Waals surface area contributed by atoms with Gasteiger partial charge >= 0.3 is 68.9 Å². The van der Waals surface area contributed by atoms with E-state index in [0.717, 1.165) is 12.8 Å². The van der Waals surface area contributed by atoms with Crippen molar-refractivity contribution in [1.29, 1.82) is 0 Å². The van der Waals surface area contributed by atoms with Crippen molar-refractivity contribution >= 4 is 13.6 Å². The van der Waals surface area contributed by atoms with Crippen LogP contribution < -0.4 is 0 Å². The van der Waals surface area contributed by atoms with Crippen LogP contribution in [0.25, 0.3) is 0 Å². The van der Waals surface area contributed by atoms with E-state index in [-0.39, 0.29) is 0 Å². The number of nitrogens with zero attached hydrogens (tertiary/aromatic N) is 1. The van der Waals surface area contributed by atoms with Crippen molar-refractivity contribution in [3.05, 3.63) is 26.6 Å². The van der Waals surface area contributed by atoms with E-state index in [0.29, 0.717) is 0 Å². The van der Waals surface area contributed by atoms with Gasteiger partial charge in [-0.1, -0.05) is 0 Å². The number of carbonyl (C=O) groups excluding carboxylic acids is 2. The van der Waals surface area contributed by atoms with Gasteiger partial charge in [-0.05, 0) is 0 Å². The van der Waals surface area contributed by atoms with E-state index in [4.69, 9.17) is 9.59 Å². The molecule has 0 unspecified atom stereocenters. The van der Waals surface area contributed by atoms with E-state index >= 15 is 0 Å². The van der Waals surface area contributed by atoms with Crippen LogP contribution in [0.2, 0.25) is 0 Å². The maximum absolute atomic E-state index is 9.98. The number of allylic oxidation sites excluding steroid dienone is 4. The molecule has 4 radical (unpaired) electrons. The summed E-state index contributed by atoms with van der Waals surface area (Å²) in [5.74, 6) is 0. The van der Waals surface area contributed by atoms with Crippen molar-refractivity contribution in [3.8, 4) is 0 Å². The van der Waals surface area contributed by atoms with Gasteiger partial charge in [0.2, 0.25) is 0 Å². The molecule has 0 aliphatic heterocycles. The smallest absolute Gasteiger partial charge is 0.281 e. The largest absolute Gasteiger partial charge is 0.281 e. The Morgan fingerprint density at radius 1 is 1.43 bits per heavy atom. The van der Waals surface area contributed by atoms with Crippen LogP contribution in [-0.4, -0.2) is 13.6 Å². The molecule has 0 spiro atoms. The number of rotatable bonds is 3. The van der Waals surface area contributed by atoms with Gasteiger partial charge in [0.25, 0.3) is 13.6 Å². The third kappa shape index (κ3) is 5.70. The van der Waals surface area contributed by atoms with Gasteiger partial charge in [0.15, 0.2) is 0 Å². The molecule has 0 saturated heterocycles. The minimum absolute atomic E-state index is 1.000.